The average molecular weight is 365 g/mol. The molecule has 2 fully saturated rings. The number of fused-ring (bicyclic) bond motifs is 1. The Morgan fingerprint density at radius 3 is 2.64 bits per heavy atom. The standard InChI is InChI=1S/C13H19N5.C4H9NOS/c14-11(9-4-2-1-3-5-9)12-10-6-7-16-13(10)17-8-18(12)15;1-7(6)5-4-2-3-4/h6-9,16H,1-5,14-15H2;4-5H,2-3H2,1H3/b12-11-;. The van der Waals surface area contributed by atoms with Crippen LogP contribution in [0, 0.1) is 5.92 Å². The minimum absolute atomic E-state index is 0.453. The minimum atomic E-state index is -0.783. The topological polar surface area (TPSA) is 113 Å². The fraction of sp³-hybridized carbons (Fsp3) is 0.588. The van der Waals surface area contributed by atoms with Crippen LogP contribution in [0.2, 0.25) is 0 Å². The zero-order valence-electron chi connectivity index (χ0n) is 14.7. The maximum Gasteiger partial charge on any atom is 0.141 e. The largest absolute Gasteiger partial charge is 0.400 e. The van der Waals surface area contributed by atoms with Gasteiger partial charge in [-0.05, 0) is 31.7 Å². The van der Waals surface area contributed by atoms with E-state index in [2.05, 4.69) is 14.7 Å². The molecule has 4 rings (SSSR count). The van der Waals surface area contributed by atoms with Crippen molar-refractivity contribution in [1.82, 2.24) is 14.7 Å². The summed E-state index contributed by atoms with van der Waals surface area (Å²) in [5.74, 6) is 7.28. The van der Waals surface area contributed by atoms with Gasteiger partial charge in [0.2, 0.25) is 0 Å². The Balaban J connectivity index is 0.000000219. The van der Waals surface area contributed by atoms with Gasteiger partial charge in [0.1, 0.15) is 12.2 Å². The van der Waals surface area contributed by atoms with Crippen LogP contribution < -0.4 is 16.3 Å². The van der Waals surface area contributed by atoms with E-state index >= 15 is 0 Å². The number of nitrogens with zero attached hydrogens (tertiary/aromatic N) is 2. The van der Waals surface area contributed by atoms with E-state index in [4.69, 9.17) is 11.6 Å². The first-order valence-electron chi connectivity index (χ1n) is 8.91. The summed E-state index contributed by atoms with van der Waals surface area (Å²) in [6, 6.07) is 2.56. The van der Waals surface area contributed by atoms with Gasteiger partial charge in [-0.3, -0.25) is 5.01 Å². The highest BCUT2D eigenvalue weighted by Crippen LogP contribution is 2.36. The first-order valence-corrected chi connectivity index (χ1v) is 10.5. The lowest BCUT2D eigenvalue weighted by Crippen LogP contribution is -2.33. The van der Waals surface area contributed by atoms with Gasteiger partial charge in [0.05, 0.1) is 16.7 Å². The molecule has 2 saturated carbocycles. The number of nitrogens with one attached hydrogen (secondary N) is 2. The number of aromatic amines is 1. The van der Waals surface area contributed by atoms with Gasteiger partial charge in [-0.25, -0.2) is 19.8 Å². The number of aromatic nitrogens is 1. The third kappa shape index (κ3) is 4.71. The molecule has 1 aliphatic heterocycles. The van der Waals surface area contributed by atoms with Crippen LogP contribution in [0.1, 0.15) is 50.5 Å². The van der Waals surface area contributed by atoms with Crippen LogP contribution in [0.25, 0.3) is 5.70 Å². The Morgan fingerprint density at radius 1 is 1.32 bits per heavy atom. The van der Waals surface area contributed by atoms with Gasteiger partial charge in [0, 0.05) is 35.7 Å². The number of hydrogen-bond acceptors (Lipinski definition) is 5. The van der Waals surface area contributed by atoms with Crippen molar-refractivity contribution >= 4 is 28.8 Å². The van der Waals surface area contributed by atoms with Crippen molar-refractivity contribution in [2.24, 2.45) is 22.5 Å². The van der Waals surface area contributed by atoms with Crippen LogP contribution in [0.3, 0.4) is 0 Å². The summed E-state index contributed by atoms with van der Waals surface area (Å²) in [6.45, 7) is 0. The lowest BCUT2D eigenvalue weighted by atomic mass is 9.85. The number of H-pyrrole nitrogens is 1. The molecule has 7 nitrogen and oxygen atoms in total. The maximum atomic E-state index is 10.3. The summed E-state index contributed by atoms with van der Waals surface area (Å²) >= 11 is 0. The molecule has 0 spiro atoms. The molecule has 3 aliphatic rings. The van der Waals surface area contributed by atoms with Crippen LogP contribution in [0.15, 0.2) is 23.0 Å². The van der Waals surface area contributed by atoms with Crippen LogP contribution in [-0.4, -0.2) is 32.8 Å². The molecule has 1 aromatic heterocycles. The van der Waals surface area contributed by atoms with Gasteiger partial charge in [0.25, 0.3) is 0 Å². The van der Waals surface area contributed by atoms with Gasteiger partial charge in [-0.2, -0.15) is 0 Å². The number of nitrogens with two attached hydrogens (primary N) is 2. The van der Waals surface area contributed by atoms with Gasteiger partial charge >= 0.3 is 0 Å². The molecule has 138 valence electrons. The molecule has 0 radical (unpaired) electrons. The highest BCUT2D eigenvalue weighted by Gasteiger charge is 2.25. The highest BCUT2D eigenvalue weighted by atomic mass is 32.2. The number of allylic oxidation sites excluding steroid dienone is 1. The molecule has 1 aromatic rings. The lowest BCUT2D eigenvalue weighted by molar-refractivity contribution is 0.397. The number of aliphatic imine (C=N–C) groups is 1. The molecular weight excluding hydrogens is 336 g/mol. The SMILES string of the molecule is CS(=O)NC1CC1.N/C(=C1/c2cc[nH]c2N=CN1N)C1CCCCC1. The van der Waals surface area contributed by atoms with Crippen molar-refractivity contribution < 1.29 is 4.21 Å². The van der Waals surface area contributed by atoms with Crippen molar-refractivity contribution in [2.75, 3.05) is 6.26 Å². The summed E-state index contributed by atoms with van der Waals surface area (Å²) in [6.07, 6.45) is 13.7. The second-order valence-electron chi connectivity index (χ2n) is 6.88. The molecule has 1 atom stereocenters. The number of hydrazine groups is 1. The molecule has 6 N–H and O–H groups in total. The van der Waals surface area contributed by atoms with E-state index in [-0.39, 0.29) is 0 Å². The molecule has 25 heavy (non-hydrogen) atoms. The van der Waals surface area contributed by atoms with Crippen molar-refractivity contribution in [2.45, 2.75) is 51.0 Å². The quantitative estimate of drug-likeness (QED) is 0.615. The summed E-state index contributed by atoms with van der Waals surface area (Å²) in [7, 11) is -0.783. The average Bonchev–Trinajstić information content (AvgIpc) is 3.28. The molecular formula is C17H28N6OS. The fourth-order valence-electron chi connectivity index (χ4n) is 3.32. The molecule has 0 bridgehead atoms. The van der Waals surface area contributed by atoms with E-state index in [9.17, 15) is 4.21 Å². The maximum absolute atomic E-state index is 10.3. The van der Waals surface area contributed by atoms with Gasteiger partial charge < -0.3 is 10.7 Å². The predicted octanol–water partition coefficient (Wildman–Crippen LogP) is 2.10. The zero-order valence-corrected chi connectivity index (χ0v) is 15.5. The van der Waals surface area contributed by atoms with Gasteiger partial charge in [0.15, 0.2) is 0 Å². The Kier molecular flexibility index (Phi) is 5.93. The second kappa shape index (κ2) is 8.16. The minimum Gasteiger partial charge on any atom is -0.400 e. The Labute approximate surface area is 151 Å². The Bertz CT molecular complexity index is 672. The van der Waals surface area contributed by atoms with Gasteiger partial charge in [-0.15, -0.1) is 0 Å². The molecule has 2 aliphatic carbocycles. The predicted molar refractivity (Wildman–Crippen MR) is 103 cm³/mol. The Morgan fingerprint density at radius 2 is 2.04 bits per heavy atom. The second-order valence-corrected chi connectivity index (χ2v) is 8.02. The smallest absolute Gasteiger partial charge is 0.141 e. The van der Waals surface area contributed by atoms with Crippen LogP contribution in [0.4, 0.5) is 5.82 Å². The lowest BCUT2D eigenvalue weighted by Gasteiger charge is -2.28. The summed E-state index contributed by atoms with van der Waals surface area (Å²) in [5, 5.41) is 1.54. The van der Waals surface area contributed by atoms with Crippen molar-refractivity contribution in [3.63, 3.8) is 0 Å². The van der Waals surface area contributed by atoms with E-state index in [0.717, 1.165) is 22.8 Å². The third-order valence-corrected chi connectivity index (χ3v) is 5.44. The van der Waals surface area contributed by atoms with E-state index in [1.54, 1.807) is 17.6 Å². The monoisotopic (exact) mass is 364 g/mol. The molecule has 2 heterocycles. The molecule has 1 unspecified atom stereocenters. The number of rotatable bonds is 3. The van der Waals surface area contributed by atoms with Crippen molar-refractivity contribution in [3.05, 3.63) is 23.5 Å². The van der Waals surface area contributed by atoms with Crippen LogP contribution in [-0.2, 0) is 11.0 Å². The van der Waals surface area contributed by atoms with E-state index in [1.165, 1.54) is 44.9 Å². The number of hydrogen-bond donors (Lipinski definition) is 4. The normalized spacial score (nSPS) is 23.5. The van der Waals surface area contributed by atoms with Crippen LogP contribution in [0.5, 0.6) is 0 Å². The first-order chi connectivity index (χ1) is 12.1. The van der Waals surface area contributed by atoms with Crippen molar-refractivity contribution in [1.29, 1.82) is 0 Å². The highest BCUT2D eigenvalue weighted by molar-refractivity contribution is 7.82. The summed E-state index contributed by atoms with van der Waals surface area (Å²) in [4.78, 5) is 7.34. The summed E-state index contributed by atoms with van der Waals surface area (Å²) in [5.41, 5.74) is 9.19. The fourth-order valence-corrected chi connectivity index (χ4v) is 4.03. The van der Waals surface area contributed by atoms with E-state index < -0.39 is 11.0 Å². The van der Waals surface area contributed by atoms with E-state index in [0.29, 0.717) is 12.0 Å². The molecule has 8 heteroatoms. The zero-order chi connectivity index (χ0) is 17.8. The van der Waals surface area contributed by atoms with Crippen LogP contribution >= 0.6 is 0 Å². The van der Waals surface area contributed by atoms with E-state index in [1.807, 2.05) is 12.3 Å². The summed E-state index contributed by atoms with van der Waals surface area (Å²) < 4.78 is 13.2. The van der Waals surface area contributed by atoms with Gasteiger partial charge in [-0.1, -0.05) is 19.3 Å². The van der Waals surface area contributed by atoms with Crippen molar-refractivity contribution in [3.8, 4) is 0 Å². The molecule has 0 saturated heterocycles. The Hall–Kier alpha value is -1.64. The molecule has 0 amide bonds. The molecule has 0 aromatic carbocycles. The third-order valence-electron chi connectivity index (χ3n) is 4.78. The first kappa shape index (κ1) is 18.2.